The van der Waals surface area contributed by atoms with Crippen LogP contribution < -0.4 is 20.9 Å². The highest BCUT2D eigenvalue weighted by atomic mass is 19.4. The highest BCUT2D eigenvalue weighted by Crippen LogP contribution is 2.41. The molecule has 0 aliphatic carbocycles. The van der Waals surface area contributed by atoms with Crippen LogP contribution in [-0.2, 0) is 11.2 Å². The van der Waals surface area contributed by atoms with E-state index in [2.05, 4.69) is 9.72 Å². The standard InChI is InChI=1S/C15H9F3N4O3/c16-15(17,18)14(23)24-7-1-2-10-6(3-7)4-8-11(20)9(5-19)12(21)22-13(8)25-10/h1-3H,4H2,(H4,20,21,22). The molecule has 0 saturated heterocycles. The van der Waals surface area contributed by atoms with Gasteiger partial charge in [0.25, 0.3) is 0 Å². The predicted octanol–water partition coefficient (Wildman–Crippen LogP) is 2.28. The number of benzene rings is 1. The van der Waals surface area contributed by atoms with Gasteiger partial charge in [-0.1, -0.05) is 0 Å². The van der Waals surface area contributed by atoms with Crippen LogP contribution in [0.3, 0.4) is 0 Å². The Hall–Kier alpha value is -3.48. The Kier molecular flexibility index (Phi) is 3.64. The average molecular weight is 350 g/mol. The Morgan fingerprint density at radius 2 is 2.08 bits per heavy atom. The lowest BCUT2D eigenvalue weighted by atomic mass is 9.99. The fourth-order valence-electron chi connectivity index (χ4n) is 2.33. The van der Waals surface area contributed by atoms with Gasteiger partial charge in [-0.2, -0.15) is 23.4 Å². The fourth-order valence-corrected chi connectivity index (χ4v) is 2.33. The molecule has 0 atom stereocenters. The van der Waals surface area contributed by atoms with Gasteiger partial charge >= 0.3 is 12.1 Å². The molecule has 2 aromatic rings. The van der Waals surface area contributed by atoms with Gasteiger partial charge in [-0.25, -0.2) is 4.79 Å². The van der Waals surface area contributed by atoms with Crippen molar-refractivity contribution in [2.45, 2.75) is 12.6 Å². The number of ether oxygens (including phenoxy) is 2. The second-order valence-corrected chi connectivity index (χ2v) is 5.12. The van der Waals surface area contributed by atoms with E-state index >= 15 is 0 Å². The van der Waals surface area contributed by atoms with Crippen LogP contribution in [0.4, 0.5) is 24.7 Å². The predicted molar refractivity (Wildman–Crippen MR) is 78.8 cm³/mol. The number of hydrogen-bond donors (Lipinski definition) is 2. The Morgan fingerprint density at radius 1 is 1.36 bits per heavy atom. The largest absolute Gasteiger partial charge is 0.491 e. The third kappa shape index (κ3) is 2.87. The highest BCUT2D eigenvalue weighted by molar-refractivity contribution is 5.78. The first kappa shape index (κ1) is 16.4. The van der Waals surface area contributed by atoms with Crippen molar-refractivity contribution >= 4 is 17.5 Å². The molecule has 128 valence electrons. The highest BCUT2D eigenvalue weighted by Gasteiger charge is 2.41. The molecule has 2 heterocycles. The third-order valence-corrected chi connectivity index (χ3v) is 3.49. The SMILES string of the molecule is N#Cc1c(N)nc2c(c1N)Cc1cc(OC(=O)C(F)(F)F)ccc1O2. The first-order valence-electron chi connectivity index (χ1n) is 6.78. The molecule has 0 amide bonds. The second-order valence-electron chi connectivity index (χ2n) is 5.12. The molecule has 1 aliphatic heterocycles. The number of pyridine rings is 1. The summed E-state index contributed by atoms with van der Waals surface area (Å²) in [4.78, 5) is 14.9. The van der Waals surface area contributed by atoms with Gasteiger partial charge in [-0.3, -0.25) is 0 Å². The van der Waals surface area contributed by atoms with E-state index in [1.807, 2.05) is 6.07 Å². The van der Waals surface area contributed by atoms with E-state index in [1.54, 1.807) is 0 Å². The zero-order chi connectivity index (χ0) is 18.4. The van der Waals surface area contributed by atoms with E-state index < -0.39 is 12.1 Å². The molecule has 10 heteroatoms. The molecule has 0 saturated carbocycles. The lowest BCUT2D eigenvalue weighted by Gasteiger charge is -2.22. The van der Waals surface area contributed by atoms with E-state index in [4.69, 9.17) is 21.5 Å². The second kappa shape index (κ2) is 5.55. The summed E-state index contributed by atoms with van der Waals surface area (Å²) in [5.74, 6) is -2.30. The number of esters is 1. The van der Waals surface area contributed by atoms with Crippen LogP contribution in [0.15, 0.2) is 18.2 Å². The summed E-state index contributed by atoms with van der Waals surface area (Å²) in [7, 11) is 0. The van der Waals surface area contributed by atoms with Crippen LogP contribution in [0, 0.1) is 11.3 Å². The van der Waals surface area contributed by atoms with Gasteiger partial charge in [0.05, 0.1) is 5.69 Å². The summed E-state index contributed by atoms with van der Waals surface area (Å²) in [5, 5.41) is 9.06. The van der Waals surface area contributed by atoms with Crippen molar-refractivity contribution in [2.24, 2.45) is 0 Å². The number of aromatic nitrogens is 1. The van der Waals surface area contributed by atoms with Crippen molar-refractivity contribution in [1.29, 1.82) is 5.26 Å². The van der Waals surface area contributed by atoms with Gasteiger partial charge in [0.15, 0.2) is 0 Å². The van der Waals surface area contributed by atoms with Crippen molar-refractivity contribution in [2.75, 3.05) is 11.5 Å². The number of carbonyl (C=O) groups is 1. The number of nitriles is 1. The zero-order valence-electron chi connectivity index (χ0n) is 12.3. The Bertz CT molecular complexity index is 935. The number of fused-ring (bicyclic) bond motifs is 2. The van der Waals surface area contributed by atoms with Crippen molar-refractivity contribution < 1.29 is 27.4 Å². The number of anilines is 2. The van der Waals surface area contributed by atoms with E-state index in [0.717, 1.165) is 6.07 Å². The molecule has 0 bridgehead atoms. The minimum Gasteiger partial charge on any atom is -0.438 e. The van der Waals surface area contributed by atoms with Gasteiger partial charge in [0.2, 0.25) is 5.88 Å². The first-order valence-corrected chi connectivity index (χ1v) is 6.78. The third-order valence-electron chi connectivity index (χ3n) is 3.49. The number of nitrogens with zero attached hydrogens (tertiary/aromatic N) is 2. The fraction of sp³-hybridized carbons (Fsp3) is 0.133. The zero-order valence-corrected chi connectivity index (χ0v) is 12.3. The van der Waals surface area contributed by atoms with Crippen LogP contribution in [-0.4, -0.2) is 17.1 Å². The molecule has 3 rings (SSSR count). The molecule has 1 aromatic carbocycles. The quantitative estimate of drug-likeness (QED) is 0.509. The van der Waals surface area contributed by atoms with E-state index in [-0.39, 0.29) is 35.1 Å². The summed E-state index contributed by atoms with van der Waals surface area (Å²) in [6.07, 6.45) is -4.98. The maximum atomic E-state index is 12.3. The molecule has 0 fully saturated rings. The van der Waals surface area contributed by atoms with E-state index in [1.165, 1.54) is 12.1 Å². The number of nitrogens with two attached hydrogens (primary N) is 2. The van der Waals surface area contributed by atoms with Crippen molar-refractivity contribution in [3.8, 4) is 23.4 Å². The van der Waals surface area contributed by atoms with Crippen molar-refractivity contribution in [1.82, 2.24) is 4.98 Å². The molecule has 0 unspecified atom stereocenters. The molecule has 7 nitrogen and oxygen atoms in total. The minimum atomic E-state index is -5.10. The minimum absolute atomic E-state index is 0.00884. The molecule has 0 spiro atoms. The van der Waals surface area contributed by atoms with Gasteiger partial charge in [-0.05, 0) is 18.2 Å². The Labute approximate surface area is 138 Å². The molecular formula is C15H9F3N4O3. The summed E-state index contributed by atoms with van der Waals surface area (Å²) < 4.78 is 46.6. The molecular weight excluding hydrogens is 341 g/mol. The summed E-state index contributed by atoms with van der Waals surface area (Å²) in [5.41, 5.74) is 12.4. The van der Waals surface area contributed by atoms with Crippen molar-refractivity contribution in [3.05, 3.63) is 34.9 Å². The normalized spacial score (nSPS) is 12.4. The van der Waals surface area contributed by atoms with Crippen LogP contribution in [0.1, 0.15) is 16.7 Å². The van der Waals surface area contributed by atoms with Crippen LogP contribution >= 0.6 is 0 Å². The number of carbonyl (C=O) groups excluding carboxylic acids is 1. The Morgan fingerprint density at radius 3 is 2.72 bits per heavy atom. The number of rotatable bonds is 1. The molecule has 25 heavy (non-hydrogen) atoms. The van der Waals surface area contributed by atoms with Crippen LogP contribution in [0.2, 0.25) is 0 Å². The van der Waals surface area contributed by atoms with Crippen molar-refractivity contribution in [3.63, 3.8) is 0 Å². The number of alkyl halides is 3. The van der Waals surface area contributed by atoms with Gasteiger partial charge in [0, 0.05) is 17.5 Å². The maximum Gasteiger partial charge on any atom is 0.491 e. The molecule has 4 N–H and O–H groups in total. The smallest absolute Gasteiger partial charge is 0.438 e. The summed E-state index contributed by atoms with van der Waals surface area (Å²) >= 11 is 0. The monoisotopic (exact) mass is 350 g/mol. The molecule has 1 aliphatic rings. The summed E-state index contributed by atoms with van der Waals surface area (Å²) in [6, 6.07) is 5.55. The topological polar surface area (TPSA) is 124 Å². The number of halogens is 3. The Balaban J connectivity index is 1.96. The van der Waals surface area contributed by atoms with E-state index in [9.17, 15) is 18.0 Å². The number of hydrogen-bond acceptors (Lipinski definition) is 7. The molecule has 1 aromatic heterocycles. The molecule has 0 radical (unpaired) electrons. The van der Waals surface area contributed by atoms with Gasteiger partial charge in [-0.15, -0.1) is 0 Å². The van der Waals surface area contributed by atoms with Gasteiger partial charge < -0.3 is 20.9 Å². The van der Waals surface area contributed by atoms with E-state index in [0.29, 0.717) is 16.9 Å². The van der Waals surface area contributed by atoms with Crippen LogP contribution in [0.5, 0.6) is 17.4 Å². The van der Waals surface area contributed by atoms with Gasteiger partial charge in [0.1, 0.15) is 28.9 Å². The maximum absolute atomic E-state index is 12.3. The lowest BCUT2D eigenvalue weighted by molar-refractivity contribution is -0.189. The first-order chi connectivity index (χ1) is 11.7. The van der Waals surface area contributed by atoms with Crippen LogP contribution in [0.25, 0.3) is 0 Å². The summed E-state index contributed by atoms with van der Waals surface area (Å²) in [6.45, 7) is 0. The number of nitrogen functional groups attached to an aromatic ring is 2. The lowest BCUT2D eigenvalue weighted by Crippen LogP contribution is -2.28. The average Bonchev–Trinajstić information content (AvgIpc) is 2.53.